The molecule has 0 radical (unpaired) electrons. The summed E-state index contributed by atoms with van der Waals surface area (Å²) in [6.45, 7) is 0.708. The average molecular weight is 480 g/mol. The molecule has 3 aromatic carbocycles. The number of hydrogen-bond acceptors (Lipinski definition) is 5. The molecule has 1 heterocycles. The van der Waals surface area contributed by atoms with Crippen molar-refractivity contribution in [1.82, 2.24) is 4.90 Å². The second-order valence-electron chi connectivity index (χ2n) is 8.26. The number of likely N-dealkylation sites (tertiary alicyclic amines) is 1. The lowest BCUT2D eigenvalue weighted by molar-refractivity contribution is -0.385. The molecule has 1 amide bonds. The average Bonchev–Trinajstić information content (AvgIpc) is 3.32. The third kappa shape index (κ3) is 5.43. The van der Waals surface area contributed by atoms with Gasteiger partial charge >= 0.3 is 0 Å². The van der Waals surface area contributed by atoms with E-state index in [9.17, 15) is 23.3 Å². The molecule has 176 valence electrons. The zero-order chi connectivity index (χ0) is 24.1. The van der Waals surface area contributed by atoms with Gasteiger partial charge in [0.05, 0.1) is 9.82 Å². The predicted octanol–water partition coefficient (Wildman–Crippen LogP) is 4.63. The molecule has 0 bridgehead atoms. The first-order valence-corrected chi connectivity index (χ1v) is 12.5. The van der Waals surface area contributed by atoms with Gasteiger partial charge in [-0.25, -0.2) is 8.42 Å². The molecule has 1 aliphatic rings. The molecule has 8 nitrogen and oxygen atoms in total. The normalized spacial score (nSPS) is 15.8. The van der Waals surface area contributed by atoms with E-state index in [4.69, 9.17) is 0 Å². The first-order chi connectivity index (χ1) is 16.3. The third-order valence-electron chi connectivity index (χ3n) is 5.97. The van der Waals surface area contributed by atoms with E-state index in [0.29, 0.717) is 12.1 Å². The standard InChI is InChI=1S/C25H25N3O5S/c29-25(27-17-5-9-22(27)16-11-19-6-2-1-3-7-19)20-12-14-21(15-13-20)26-34(32,33)24-10-4-8-23(18-24)28(30)31/h1-4,6-8,10,12-15,18,22,26H,5,9,11,16-17H2. The molecule has 3 aromatic rings. The summed E-state index contributed by atoms with van der Waals surface area (Å²) in [7, 11) is -4.01. The highest BCUT2D eigenvalue weighted by Gasteiger charge is 2.29. The number of benzene rings is 3. The van der Waals surface area contributed by atoms with Crippen molar-refractivity contribution in [3.63, 3.8) is 0 Å². The Morgan fingerprint density at radius 2 is 1.76 bits per heavy atom. The number of rotatable bonds is 8. The molecule has 1 atom stereocenters. The van der Waals surface area contributed by atoms with Gasteiger partial charge in [-0.05, 0) is 61.6 Å². The summed E-state index contributed by atoms with van der Waals surface area (Å²) in [6, 6.07) is 21.5. The van der Waals surface area contributed by atoms with Crippen LogP contribution in [0.5, 0.6) is 0 Å². The molecule has 1 fully saturated rings. The second kappa shape index (κ2) is 10.0. The van der Waals surface area contributed by atoms with Crippen LogP contribution in [0.3, 0.4) is 0 Å². The van der Waals surface area contributed by atoms with Crippen LogP contribution in [0, 0.1) is 10.1 Å². The number of sulfonamides is 1. The van der Waals surface area contributed by atoms with Gasteiger partial charge in [0, 0.05) is 36.0 Å². The fourth-order valence-corrected chi connectivity index (χ4v) is 5.30. The molecule has 34 heavy (non-hydrogen) atoms. The van der Waals surface area contributed by atoms with Gasteiger partial charge in [-0.15, -0.1) is 0 Å². The molecular formula is C25H25N3O5S. The van der Waals surface area contributed by atoms with E-state index in [2.05, 4.69) is 16.9 Å². The zero-order valence-electron chi connectivity index (χ0n) is 18.5. The van der Waals surface area contributed by atoms with Crippen LogP contribution in [0.25, 0.3) is 0 Å². The van der Waals surface area contributed by atoms with E-state index >= 15 is 0 Å². The molecule has 1 saturated heterocycles. The largest absolute Gasteiger partial charge is 0.336 e. The molecule has 0 saturated carbocycles. The number of nitrogens with one attached hydrogen (secondary N) is 1. The molecule has 4 rings (SSSR count). The lowest BCUT2D eigenvalue weighted by Crippen LogP contribution is -2.35. The number of aryl methyl sites for hydroxylation is 1. The number of nitro groups is 1. The predicted molar refractivity (Wildman–Crippen MR) is 129 cm³/mol. The van der Waals surface area contributed by atoms with Gasteiger partial charge in [-0.1, -0.05) is 36.4 Å². The number of anilines is 1. The molecule has 1 N–H and O–H groups in total. The van der Waals surface area contributed by atoms with Crippen molar-refractivity contribution in [2.75, 3.05) is 11.3 Å². The van der Waals surface area contributed by atoms with E-state index < -0.39 is 14.9 Å². The van der Waals surface area contributed by atoms with Gasteiger partial charge in [0.1, 0.15) is 0 Å². The summed E-state index contributed by atoms with van der Waals surface area (Å²) in [4.78, 5) is 25.1. The van der Waals surface area contributed by atoms with Crippen LogP contribution in [-0.2, 0) is 16.4 Å². The van der Waals surface area contributed by atoms with E-state index in [1.54, 1.807) is 12.1 Å². The highest BCUT2D eigenvalue weighted by Crippen LogP contribution is 2.25. The maximum absolute atomic E-state index is 13.1. The summed E-state index contributed by atoms with van der Waals surface area (Å²) >= 11 is 0. The van der Waals surface area contributed by atoms with Gasteiger partial charge in [0.25, 0.3) is 21.6 Å². The molecule has 1 unspecified atom stereocenters. The molecular weight excluding hydrogens is 454 g/mol. The Hall–Kier alpha value is -3.72. The Labute approximate surface area is 198 Å². The van der Waals surface area contributed by atoms with Crippen molar-refractivity contribution >= 4 is 27.3 Å². The number of amides is 1. The van der Waals surface area contributed by atoms with Crippen molar-refractivity contribution in [3.8, 4) is 0 Å². The minimum Gasteiger partial charge on any atom is -0.336 e. The molecule has 0 aromatic heterocycles. The van der Waals surface area contributed by atoms with Crippen LogP contribution in [0.2, 0.25) is 0 Å². The topological polar surface area (TPSA) is 110 Å². The Bertz CT molecular complexity index is 1280. The molecule has 1 aliphatic heterocycles. The monoisotopic (exact) mass is 479 g/mol. The Morgan fingerprint density at radius 3 is 2.47 bits per heavy atom. The summed E-state index contributed by atoms with van der Waals surface area (Å²) in [5.41, 5.74) is 1.70. The Morgan fingerprint density at radius 1 is 1.03 bits per heavy atom. The maximum atomic E-state index is 13.1. The Balaban J connectivity index is 1.42. The first-order valence-electron chi connectivity index (χ1n) is 11.1. The first kappa shape index (κ1) is 23.4. The van der Waals surface area contributed by atoms with Gasteiger partial charge in [-0.3, -0.25) is 19.6 Å². The van der Waals surface area contributed by atoms with E-state index in [0.717, 1.165) is 31.7 Å². The maximum Gasteiger partial charge on any atom is 0.270 e. The number of nitrogens with zero attached hydrogens (tertiary/aromatic N) is 2. The minimum atomic E-state index is -4.01. The van der Waals surface area contributed by atoms with Crippen LogP contribution in [0.15, 0.2) is 83.8 Å². The van der Waals surface area contributed by atoms with E-state index in [-0.39, 0.29) is 28.2 Å². The van der Waals surface area contributed by atoms with E-state index in [1.165, 1.54) is 35.9 Å². The fourth-order valence-electron chi connectivity index (χ4n) is 4.21. The smallest absolute Gasteiger partial charge is 0.270 e. The van der Waals surface area contributed by atoms with Gasteiger partial charge < -0.3 is 4.90 Å². The van der Waals surface area contributed by atoms with Gasteiger partial charge in [-0.2, -0.15) is 0 Å². The third-order valence-corrected chi connectivity index (χ3v) is 7.35. The number of nitro benzene ring substituents is 1. The molecule has 9 heteroatoms. The number of carbonyl (C=O) groups excluding carboxylic acids is 1. The lowest BCUT2D eigenvalue weighted by Gasteiger charge is -2.25. The summed E-state index contributed by atoms with van der Waals surface area (Å²) < 4.78 is 27.7. The van der Waals surface area contributed by atoms with Gasteiger partial charge in [0.2, 0.25) is 0 Å². The van der Waals surface area contributed by atoms with Crippen LogP contribution >= 0.6 is 0 Å². The second-order valence-corrected chi connectivity index (χ2v) is 9.94. The van der Waals surface area contributed by atoms with Crippen LogP contribution in [0.1, 0.15) is 35.2 Å². The van der Waals surface area contributed by atoms with Crippen LogP contribution in [0.4, 0.5) is 11.4 Å². The quantitative estimate of drug-likeness (QED) is 0.374. The lowest BCUT2D eigenvalue weighted by atomic mass is 10.0. The number of carbonyl (C=O) groups is 1. The number of non-ortho nitro benzene ring substituents is 1. The fraction of sp³-hybridized carbons (Fsp3) is 0.240. The van der Waals surface area contributed by atoms with Crippen LogP contribution in [-0.4, -0.2) is 36.7 Å². The van der Waals surface area contributed by atoms with Gasteiger partial charge in [0.15, 0.2) is 0 Å². The van der Waals surface area contributed by atoms with Crippen molar-refractivity contribution in [3.05, 3.63) is 100 Å². The van der Waals surface area contributed by atoms with Crippen molar-refractivity contribution < 1.29 is 18.1 Å². The van der Waals surface area contributed by atoms with Crippen molar-refractivity contribution in [1.29, 1.82) is 0 Å². The Kier molecular flexibility index (Phi) is 6.93. The van der Waals surface area contributed by atoms with Crippen LogP contribution < -0.4 is 4.72 Å². The van der Waals surface area contributed by atoms with Crippen molar-refractivity contribution in [2.45, 2.75) is 36.6 Å². The highest BCUT2D eigenvalue weighted by molar-refractivity contribution is 7.92. The van der Waals surface area contributed by atoms with Crippen molar-refractivity contribution in [2.24, 2.45) is 0 Å². The molecule has 0 aliphatic carbocycles. The highest BCUT2D eigenvalue weighted by atomic mass is 32.2. The zero-order valence-corrected chi connectivity index (χ0v) is 19.3. The summed E-state index contributed by atoms with van der Waals surface area (Å²) in [5.74, 6) is -0.0661. The number of hydrogen-bond donors (Lipinski definition) is 1. The summed E-state index contributed by atoms with van der Waals surface area (Å²) in [6.07, 6.45) is 3.75. The molecule has 0 spiro atoms. The minimum absolute atomic E-state index is 0.0661. The SMILES string of the molecule is O=C(c1ccc(NS(=O)(=O)c2cccc([N+](=O)[O-])c2)cc1)N1CCCC1CCc1ccccc1. The summed E-state index contributed by atoms with van der Waals surface area (Å²) in [5, 5.41) is 10.9. The van der Waals surface area contributed by atoms with E-state index in [1.807, 2.05) is 23.1 Å².